The van der Waals surface area contributed by atoms with Crippen LogP contribution in [-0.4, -0.2) is 0 Å². The van der Waals surface area contributed by atoms with E-state index in [0.29, 0.717) is 0 Å². The van der Waals surface area contributed by atoms with Gasteiger partial charge in [0, 0.05) is 0 Å². The molecule has 0 aromatic heterocycles. The fourth-order valence-corrected chi connectivity index (χ4v) is 0. The molecule has 4 heavy (non-hydrogen) atoms. The Morgan fingerprint density at radius 2 is 1.25 bits per heavy atom. The molecule has 0 heterocycles. The summed E-state index contributed by atoms with van der Waals surface area (Å²) < 4.78 is 8.25. The molecule has 0 aromatic rings. The topological polar surface area (TPSA) is 45.6 Å². The predicted octanol–water partition coefficient (Wildman–Crippen LogP) is -0.243. The largest absolute Gasteiger partial charge is 2.00 e. The second kappa shape index (κ2) is 32.6. The van der Waals surface area contributed by atoms with Crippen molar-refractivity contribution in [1.29, 1.82) is 0 Å². The molecule has 0 aliphatic carbocycles. The van der Waals surface area contributed by atoms with Crippen molar-refractivity contribution in [3.63, 3.8) is 0 Å². The molecule has 4 heteroatoms. The Balaban J connectivity index is -0.00000000500. The van der Waals surface area contributed by atoms with Gasteiger partial charge in [0.05, 0.1) is 0 Å². The van der Waals surface area contributed by atoms with Crippen molar-refractivity contribution in [3.05, 3.63) is 0 Å². The molecule has 0 unspecified atom stereocenters. The Morgan fingerprint density at radius 3 is 1.25 bits per heavy atom. The van der Waals surface area contributed by atoms with Gasteiger partial charge >= 0.3 is 43.2 Å². The van der Waals surface area contributed by atoms with Gasteiger partial charge in [-0.1, -0.05) is 0 Å². The molecule has 2 nitrogen and oxygen atoms in total. The Kier molecular flexibility index (Phi) is 159. The second-order valence-corrected chi connectivity index (χ2v) is 0. The maximum Gasteiger partial charge on any atom is 2.00 e. The minimum absolute atomic E-state index is 0. The third kappa shape index (κ3) is 11.3. The van der Waals surface area contributed by atoms with Gasteiger partial charge in [0.25, 0.3) is 0 Å². The third-order valence-corrected chi connectivity index (χ3v) is 0. The van der Waals surface area contributed by atoms with Crippen LogP contribution >= 0.6 is 0 Å². The van der Waals surface area contributed by atoms with E-state index in [4.69, 9.17) is 3.32 Å². The molecule has 0 N–H and O–H groups in total. The van der Waals surface area contributed by atoms with Crippen LogP contribution in [-0.2, 0) is 48.7 Å². The minimum atomic E-state index is 0. The standard InChI is InChI=1S/2O.Ti.Zn/q;-2;;+2. The molecule has 0 aliphatic heterocycles. The van der Waals surface area contributed by atoms with E-state index in [1.807, 2.05) is 0 Å². The first kappa shape index (κ1) is 19.5. The molecule has 18 valence electrons. The molecule has 0 bridgehead atoms. The minimum Gasteiger partial charge on any atom is 2.00 e. The smallest absolute Gasteiger partial charge is 2.00 e. The van der Waals surface area contributed by atoms with E-state index >= 15 is 0 Å². The zero-order chi connectivity index (χ0) is 2.00. The zero-order valence-corrected chi connectivity index (χ0v) is 6.55. The van der Waals surface area contributed by atoms with Crippen LogP contribution < -0.4 is 0 Å². The van der Waals surface area contributed by atoms with E-state index in [1.165, 1.54) is 0 Å². The molecule has 0 radical (unpaired) electrons. The van der Waals surface area contributed by atoms with Gasteiger partial charge in [0.15, 0.2) is 0 Å². The second-order valence-electron chi connectivity index (χ2n) is 0. The van der Waals surface area contributed by atoms with Crippen LogP contribution in [0.1, 0.15) is 0 Å². The zero-order valence-electron chi connectivity index (χ0n) is 2.02. The molecule has 0 saturated heterocycles. The molecule has 0 atom stereocenters. The first-order chi connectivity index (χ1) is 1.00. The van der Waals surface area contributed by atoms with Gasteiger partial charge in [-0.05, 0) is 0 Å². The predicted molar refractivity (Wildman–Crippen MR) is 1.37 cm³/mol. The normalized spacial score (nSPS) is 0.750. The van der Waals surface area contributed by atoms with Gasteiger partial charge in [0.2, 0.25) is 0 Å². The van der Waals surface area contributed by atoms with Crippen molar-refractivity contribution >= 4 is 0 Å². The first-order valence-electron chi connectivity index (χ1n) is 0.204. The summed E-state index contributed by atoms with van der Waals surface area (Å²) in [5.41, 5.74) is 0. The van der Waals surface area contributed by atoms with E-state index in [-0.39, 0.29) is 25.0 Å². The van der Waals surface area contributed by atoms with E-state index in [2.05, 4.69) is 0 Å². The van der Waals surface area contributed by atoms with Crippen LogP contribution in [0.3, 0.4) is 0 Å². The van der Waals surface area contributed by atoms with Crippen molar-refractivity contribution in [2.45, 2.75) is 0 Å². The van der Waals surface area contributed by atoms with Crippen molar-refractivity contribution < 1.29 is 48.7 Å². The average Bonchev–Trinajstić information content (AvgIpc) is 1.00. The van der Waals surface area contributed by atoms with Gasteiger partial charge in [-0.3, -0.25) is 0 Å². The molecule has 0 amide bonds. The molecule has 0 aromatic carbocycles. The summed E-state index contributed by atoms with van der Waals surface area (Å²) in [5.74, 6) is 0. The fourth-order valence-electron chi connectivity index (χ4n) is 0. The Morgan fingerprint density at radius 1 is 1.25 bits per heavy atom. The quantitative estimate of drug-likeness (QED) is 0.434. The van der Waals surface area contributed by atoms with Crippen LogP contribution in [0.5, 0.6) is 0 Å². The molecular weight excluding hydrogens is 145 g/mol. The van der Waals surface area contributed by atoms with Gasteiger partial charge in [-0.2, -0.15) is 0 Å². The monoisotopic (exact) mass is 144 g/mol. The van der Waals surface area contributed by atoms with Crippen LogP contribution in [0.15, 0.2) is 0 Å². The summed E-state index contributed by atoms with van der Waals surface area (Å²) in [6.45, 7) is 0. The Bertz CT molecular complexity index is 6.00. The van der Waals surface area contributed by atoms with Crippen LogP contribution in [0.25, 0.3) is 0 Å². The first-order valence-corrected chi connectivity index (χ1v) is 0.842. The average molecular weight is 145 g/mol. The van der Waals surface area contributed by atoms with Crippen molar-refractivity contribution in [1.82, 2.24) is 0 Å². The third-order valence-electron chi connectivity index (χ3n) is 0. The number of hydrogen-bond acceptors (Lipinski definition) is 1. The summed E-state index contributed by atoms with van der Waals surface area (Å²) in [6, 6.07) is 0. The van der Waals surface area contributed by atoms with Crippen molar-refractivity contribution in [2.75, 3.05) is 0 Å². The molecule has 0 aliphatic rings. The summed E-state index contributed by atoms with van der Waals surface area (Å²) in [6.07, 6.45) is 0. The Labute approximate surface area is 48.8 Å². The van der Waals surface area contributed by atoms with E-state index in [1.54, 1.807) is 0 Å². The molecule has 0 saturated carbocycles. The maximum atomic E-state index is 8.25. The van der Waals surface area contributed by atoms with E-state index in [9.17, 15) is 0 Å². The van der Waals surface area contributed by atoms with Gasteiger partial charge in [-0.25, -0.2) is 0 Å². The summed E-state index contributed by atoms with van der Waals surface area (Å²) in [7, 11) is 0. The summed E-state index contributed by atoms with van der Waals surface area (Å²) >= 11 is 0.750. The number of rotatable bonds is 0. The fraction of sp³-hybridized carbons (Fsp3) is 0. The molecular formula is O2TiZn. The van der Waals surface area contributed by atoms with Crippen molar-refractivity contribution in [3.8, 4) is 0 Å². The molecule has 0 spiro atoms. The molecule has 0 rings (SSSR count). The molecule has 0 fully saturated rings. The van der Waals surface area contributed by atoms with E-state index < -0.39 is 0 Å². The van der Waals surface area contributed by atoms with Gasteiger partial charge in [-0.15, -0.1) is 0 Å². The summed E-state index contributed by atoms with van der Waals surface area (Å²) in [5, 5.41) is 0. The SMILES string of the molecule is [O-2].[O]=[Ti].[Zn+2]. The van der Waals surface area contributed by atoms with Crippen LogP contribution in [0, 0.1) is 0 Å². The summed E-state index contributed by atoms with van der Waals surface area (Å²) in [4.78, 5) is 0. The van der Waals surface area contributed by atoms with Gasteiger partial charge < -0.3 is 5.48 Å². The van der Waals surface area contributed by atoms with E-state index in [0.717, 1.165) is 20.4 Å². The van der Waals surface area contributed by atoms with Crippen LogP contribution in [0.4, 0.5) is 0 Å². The van der Waals surface area contributed by atoms with Crippen molar-refractivity contribution in [2.24, 2.45) is 0 Å². The van der Waals surface area contributed by atoms with Crippen LogP contribution in [0.2, 0.25) is 0 Å². The Hall–Kier alpha value is 1.10. The number of hydrogen-bond donors (Lipinski definition) is 0. The maximum absolute atomic E-state index is 8.25. The van der Waals surface area contributed by atoms with Gasteiger partial charge in [0.1, 0.15) is 0 Å².